The predicted molar refractivity (Wildman–Crippen MR) is 50.7 cm³/mol. The van der Waals surface area contributed by atoms with Crippen LogP contribution < -0.4 is 0 Å². The fourth-order valence-electron chi connectivity index (χ4n) is 3.38. The Morgan fingerprint density at radius 3 is 2.42 bits per heavy atom. The zero-order valence-electron chi connectivity index (χ0n) is 7.45. The molecule has 0 heteroatoms. The van der Waals surface area contributed by atoms with Gasteiger partial charge < -0.3 is 0 Å². The Hall–Kier alpha value is -0.520. The fourth-order valence-corrected chi connectivity index (χ4v) is 3.38. The van der Waals surface area contributed by atoms with Crippen molar-refractivity contribution < 1.29 is 0 Å². The van der Waals surface area contributed by atoms with Gasteiger partial charge in [0.05, 0.1) is 0 Å². The van der Waals surface area contributed by atoms with Crippen LogP contribution in [0.4, 0.5) is 0 Å². The first kappa shape index (κ1) is 6.94. The molecule has 12 heavy (non-hydrogen) atoms. The normalized spacial score (nSPS) is 49.3. The second-order valence-corrected chi connectivity index (χ2v) is 4.54. The highest BCUT2D eigenvalue weighted by molar-refractivity contribution is 5.16. The summed E-state index contributed by atoms with van der Waals surface area (Å²) < 4.78 is 0. The lowest BCUT2D eigenvalue weighted by Crippen LogP contribution is -2.36. The molecule has 0 N–H and O–H groups in total. The van der Waals surface area contributed by atoms with Crippen molar-refractivity contribution in [2.45, 2.75) is 25.7 Å². The van der Waals surface area contributed by atoms with Gasteiger partial charge in [-0.15, -0.1) is 0 Å². The van der Waals surface area contributed by atoms with E-state index in [0.717, 1.165) is 23.7 Å². The van der Waals surface area contributed by atoms with Gasteiger partial charge in [-0.3, -0.25) is 0 Å². The molecule has 64 valence electrons. The highest BCUT2D eigenvalue weighted by Crippen LogP contribution is 2.48. The first-order valence-electron chi connectivity index (χ1n) is 5.30. The lowest BCUT2D eigenvalue weighted by atomic mass is 9.60. The SMILES string of the molecule is C1=C[C@@H]2[C@@H](CC1)[C@H]1C=C[C@H]2CC1. The molecule has 0 aromatic heterocycles. The molecule has 0 saturated heterocycles. The third kappa shape index (κ3) is 0.840. The van der Waals surface area contributed by atoms with E-state index in [4.69, 9.17) is 0 Å². The predicted octanol–water partition coefficient (Wildman–Crippen LogP) is 3.16. The van der Waals surface area contributed by atoms with Crippen LogP contribution in [-0.4, -0.2) is 0 Å². The van der Waals surface area contributed by atoms with Gasteiger partial charge in [0.25, 0.3) is 0 Å². The van der Waals surface area contributed by atoms with Crippen LogP contribution in [0.3, 0.4) is 0 Å². The fraction of sp³-hybridized carbons (Fsp3) is 0.667. The average Bonchev–Trinajstić information content (AvgIpc) is 2.20. The van der Waals surface area contributed by atoms with Crippen LogP contribution in [0.2, 0.25) is 0 Å². The lowest BCUT2D eigenvalue weighted by molar-refractivity contribution is 0.143. The number of rotatable bonds is 0. The first-order chi connectivity index (χ1) is 5.95. The van der Waals surface area contributed by atoms with Gasteiger partial charge in [0.15, 0.2) is 0 Å². The van der Waals surface area contributed by atoms with Gasteiger partial charge >= 0.3 is 0 Å². The molecule has 0 nitrogen and oxygen atoms in total. The van der Waals surface area contributed by atoms with Crippen LogP contribution >= 0.6 is 0 Å². The molecule has 4 aliphatic rings. The quantitative estimate of drug-likeness (QED) is 0.477. The molecule has 0 aromatic rings. The summed E-state index contributed by atoms with van der Waals surface area (Å²) >= 11 is 0. The van der Waals surface area contributed by atoms with E-state index < -0.39 is 0 Å². The molecule has 0 aliphatic heterocycles. The number of hydrogen-bond acceptors (Lipinski definition) is 0. The maximum Gasteiger partial charge on any atom is -0.0136 e. The summed E-state index contributed by atoms with van der Waals surface area (Å²) in [4.78, 5) is 0. The summed E-state index contributed by atoms with van der Waals surface area (Å²) in [6.45, 7) is 0. The summed E-state index contributed by atoms with van der Waals surface area (Å²) in [6, 6.07) is 0. The second-order valence-electron chi connectivity index (χ2n) is 4.54. The van der Waals surface area contributed by atoms with Gasteiger partial charge in [0.1, 0.15) is 0 Å². The minimum atomic E-state index is 0.900. The maximum absolute atomic E-state index is 2.49. The van der Waals surface area contributed by atoms with Gasteiger partial charge in [-0.25, -0.2) is 0 Å². The second kappa shape index (κ2) is 2.48. The van der Waals surface area contributed by atoms with Crippen molar-refractivity contribution in [1.29, 1.82) is 0 Å². The van der Waals surface area contributed by atoms with Crippen LogP contribution in [-0.2, 0) is 0 Å². The molecule has 0 heterocycles. The zero-order chi connectivity index (χ0) is 7.97. The molecule has 2 bridgehead atoms. The summed E-state index contributed by atoms with van der Waals surface area (Å²) in [5.41, 5.74) is 0. The molecule has 4 atom stereocenters. The lowest BCUT2D eigenvalue weighted by Gasteiger charge is -2.45. The van der Waals surface area contributed by atoms with Crippen molar-refractivity contribution in [3.05, 3.63) is 24.3 Å². The van der Waals surface area contributed by atoms with Crippen LogP contribution in [0.1, 0.15) is 25.7 Å². The van der Waals surface area contributed by atoms with Crippen molar-refractivity contribution in [2.24, 2.45) is 23.7 Å². The van der Waals surface area contributed by atoms with Crippen molar-refractivity contribution in [3.8, 4) is 0 Å². The van der Waals surface area contributed by atoms with E-state index in [0.29, 0.717) is 0 Å². The van der Waals surface area contributed by atoms with E-state index in [1.54, 1.807) is 0 Å². The van der Waals surface area contributed by atoms with Gasteiger partial charge in [-0.1, -0.05) is 24.3 Å². The van der Waals surface area contributed by atoms with Crippen LogP contribution in [0.25, 0.3) is 0 Å². The van der Waals surface area contributed by atoms with E-state index in [1.165, 1.54) is 25.7 Å². The third-order valence-corrected chi connectivity index (χ3v) is 4.00. The molecule has 0 unspecified atom stereocenters. The van der Waals surface area contributed by atoms with Crippen LogP contribution in [0.15, 0.2) is 24.3 Å². The molecule has 0 spiro atoms. The Morgan fingerprint density at radius 2 is 1.67 bits per heavy atom. The summed E-state index contributed by atoms with van der Waals surface area (Å²) in [5.74, 6) is 3.77. The Kier molecular flexibility index (Phi) is 1.44. The zero-order valence-corrected chi connectivity index (χ0v) is 7.45. The Labute approximate surface area is 74.4 Å². The van der Waals surface area contributed by atoms with Gasteiger partial charge in [0.2, 0.25) is 0 Å². The monoisotopic (exact) mass is 160 g/mol. The molecule has 0 aromatic carbocycles. The van der Waals surface area contributed by atoms with E-state index in [-0.39, 0.29) is 0 Å². The van der Waals surface area contributed by atoms with Gasteiger partial charge in [-0.05, 0) is 49.4 Å². The molecular formula is C12H16. The van der Waals surface area contributed by atoms with Gasteiger partial charge in [0, 0.05) is 0 Å². The van der Waals surface area contributed by atoms with E-state index in [9.17, 15) is 0 Å². The highest BCUT2D eigenvalue weighted by atomic mass is 14.4. The van der Waals surface area contributed by atoms with Crippen LogP contribution in [0.5, 0.6) is 0 Å². The molecule has 0 amide bonds. The largest absolute Gasteiger partial charge is 0.0882 e. The summed E-state index contributed by atoms with van der Waals surface area (Å²) in [7, 11) is 0. The molecule has 4 rings (SSSR count). The molecular weight excluding hydrogens is 144 g/mol. The van der Waals surface area contributed by atoms with Gasteiger partial charge in [-0.2, -0.15) is 0 Å². The first-order valence-corrected chi connectivity index (χ1v) is 5.30. The van der Waals surface area contributed by atoms with Crippen molar-refractivity contribution in [1.82, 2.24) is 0 Å². The standard InChI is InChI=1S/C12H16/c1-2-4-12-10-7-5-9(6-8-10)11(12)3-1/h1,3,5,7,9-12H,2,4,6,8H2/t9-,10-,11-,12-/m0/s1. The Bertz CT molecular complexity index is 236. The van der Waals surface area contributed by atoms with Crippen molar-refractivity contribution >= 4 is 0 Å². The minimum Gasteiger partial charge on any atom is -0.0882 e. The third-order valence-electron chi connectivity index (χ3n) is 4.00. The molecule has 0 radical (unpaired) electrons. The number of fused-ring (bicyclic) bond motifs is 1. The van der Waals surface area contributed by atoms with Crippen molar-refractivity contribution in [2.75, 3.05) is 0 Å². The highest BCUT2D eigenvalue weighted by Gasteiger charge is 2.39. The summed E-state index contributed by atoms with van der Waals surface area (Å²) in [5, 5.41) is 0. The molecule has 1 saturated carbocycles. The molecule has 1 fully saturated rings. The van der Waals surface area contributed by atoms with Crippen molar-refractivity contribution in [3.63, 3.8) is 0 Å². The molecule has 4 aliphatic carbocycles. The van der Waals surface area contributed by atoms with E-state index >= 15 is 0 Å². The Balaban J connectivity index is 1.98. The topological polar surface area (TPSA) is 0 Å². The maximum atomic E-state index is 2.49. The van der Waals surface area contributed by atoms with E-state index in [1.807, 2.05) is 0 Å². The van der Waals surface area contributed by atoms with E-state index in [2.05, 4.69) is 24.3 Å². The Morgan fingerprint density at radius 1 is 0.833 bits per heavy atom. The number of hydrogen-bond donors (Lipinski definition) is 0. The van der Waals surface area contributed by atoms with Crippen LogP contribution in [0, 0.1) is 23.7 Å². The summed E-state index contributed by atoms with van der Waals surface area (Å²) in [6.07, 6.45) is 15.6. The smallest absolute Gasteiger partial charge is 0.0136 e. The average molecular weight is 160 g/mol. The number of allylic oxidation sites excluding steroid dienone is 4. The minimum absolute atomic E-state index is 0.900.